The van der Waals surface area contributed by atoms with Crippen molar-refractivity contribution in [1.29, 1.82) is 0 Å². The molecule has 5 nitrogen and oxygen atoms in total. The van der Waals surface area contributed by atoms with Crippen LogP contribution in [0.5, 0.6) is 0 Å². The molecule has 0 aliphatic heterocycles. The summed E-state index contributed by atoms with van der Waals surface area (Å²) in [7, 11) is 0. The zero-order valence-corrected chi connectivity index (χ0v) is 19.7. The lowest BCUT2D eigenvalue weighted by Gasteiger charge is -2.38. The van der Waals surface area contributed by atoms with E-state index in [4.69, 9.17) is 10.7 Å². The molecule has 3 aromatic rings. The number of carbonyl (C=O) groups excluding carboxylic acids is 1. The van der Waals surface area contributed by atoms with Gasteiger partial charge in [-0.1, -0.05) is 45.0 Å². The first-order valence-electron chi connectivity index (χ1n) is 11.2. The van der Waals surface area contributed by atoms with E-state index in [0.717, 1.165) is 6.41 Å². The Morgan fingerprint density at radius 1 is 1.12 bits per heavy atom. The number of benzene rings is 2. The van der Waals surface area contributed by atoms with E-state index in [1.807, 2.05) is 25.3 Å². The molecule has 0 radical (unpaired) electrons. The van der Waals surface area contributed by atoms with E-state index >= 15 is 0 Å². The van der Waals surface area contributed by atoms with Gasteiger partial charge in [-0.15, -0.1) is 0 Å². The third-order valence-electron chi connectivity index (χ3n) is 5.66. The maximum absolute atomic E-state index is 13.9. The molecule has 0 spiro atoms. The van der Waals surface area contributed by atoms with Crippen molar-refractivity contribution in [3.05, 3.63) is 77.8 Å². The molecule has 1 heterocycles. The molecule has 3 rings (SSSR count). The molecule has 0 unspecified atom stereocenters. The first-order valence-corrected chi connectivity index (χ1v) is 11.2. The van der Waals surface area contributed by atoms with Crippen molar-refractivity contribution in [3.8, 4) is 11.3 Å². The van der Waals surface area contributed by atoms with E-state index < -0.39 is 24.2 Å². The van der Waals surface area contributed by atoms with E-state index in [-0.39, 0.29) is 18.2 Å². The maximum Gasteiger partial charge on any atom is 0.210 e. The number of halogens is 3. The molecule has 0 fully saturated rings. The average Bonchev–Trinajstić information content (AvgIpc) is 3.18. The van der Waals surface area contributed by atoms with Crippen molar-refractivity contribution >= 4 is 6.41 Å². The van der Waals surface area contributed by atoms with E-state index in [1.54, 1.807) is 35.4 Å². The minimum atomic E-state index is -0.676. The Hall–Kier alpha value is -3.13. The molecule has 2 atom stereocenters. The number of aromatic nitrogens is 2. The van der Waals surface area contributed by atoms with Crippen LogP contribution in [0, 0.1) is 17.0 Å². The van der Waals surface area contributed by atoms with Crippen molar-refractivity contribution < 1.29 is 18.0 Å². The summed E-state index contributed by atoms with van der Waals surface area (Å²) in [4.78, 5) is 18.6. The molecule has 2 aromatic carbocycles. The summed E-state index contributed by atoms with van der Waals surface area (Å²) in [6, 6.07) is 11.2. The minimum absolute atomic E-state index is 0.249. The van der Waals surface area contributed by atoms with Crippen molar-refractivity contribution in [2.24, 2.45) is 11.1 Å². The van der Waals surface area contributed by atoms with Crippen molar-refractivity contribution in [2.75, 3.05) is 13.2 Å². The molecule has 0 saturated heterocycles. The number of imidazole rings is 1. The fourth-order valence-electron chi connectivity index (χ4n) is 4.06. The van der Waals surface area contributed by atoms with Gasteiger partial charge >= 0.3 is 0 Å². The number of rotatable bonds is 10. The SMILES string of the molecule is CC(C)(C)[C@H](c1nc(-c2cccc(F)c2)cn1Cc1cccc(F)c1)N(C=O)CC[C@H](N)CF. The highest BCUT2D eigenvalue weighted by atomic mass is 19.1. The van der Waals surface area contributed by atoms with Gasteiger partial charge in [0.05, 0.1) is 11.7 Å². The van der Waals surface area contributed by atoms with Crippen LogP contribution in [0.3, 0.4) is 0 Å². The summed E-state index contributed by atoms with van der Waals surface area (Å²) in [6.07, 6.45) is 2.80. The minimum Gasteiger partial charge on any atom is -0.334 e. The van der Waals surface area contributed by atoms with Crippen LogP contribution in [0.2, 0.25) is 0 Å². The Kier molecular flexibility index (Phi) is 8.15. The molecule has 0 aliphatic rings. The Labute approximate surface area is 198 Å². The summed E-state index contributed by atoms with van der Waals surface area (Å²) in [6.45, 7) is 5.81. The van der Waals surface area contributed by atoms with Crippen LogP contribution in [0.4, 0.5) is 13.2 Å². The van der Waals surface area contributed by atoms with Crippen LogP contribution in [0.1, 0.15) is 44.6 Å². The van der Waals surface area contributed by atoms with Gasteiger partial charge in [0, 0.05) is 30.9 Å². The standard InChI is InChI=1S/C26H31F3N4O/c1-26(2,3)24(32(17-34)11-10-22(30)14-27)25-31-23(19-7-5-9-21(29)13-19)16-33(25)15-18-6-4-8-20(28)12-18/h4-9,12-13,16-17,22,24H,10-11,14-15,30H2,1-3H3/t22-,24-/m0/s1. The maximum atomic E-state index is 13.9. The zero-order valence-electron chi connectivity index (χ0n) is 19.7. The number of nitrogens with zero attached hydrogens (tertiary/aromatic N) is 3. The number of carbonyl (C=O) groups is 1. The lowest BCUT2D eigenvalue weighted by Crippen LogP contribution is -2.40. The second-order valence-corrected chi connectivity index (χ2v) is 9.57. The monoisotopic (exact) mass is 472 g/mol. The predicted molar refractivity (Wildman–Crippen MR) is 127 cm³/mol. The third-order valence-corrected chi connectivity index (χ3v) is 5.66. The summed E-state index contributed by atoms with van der Waals surface area (Å²) >= 11 is 0. The van der Waals surface area contributed by atoms with Gasteiger partial charge in [-0.05, 0) is 41.7 Å². The lowest BCUT2D eigenvalue weighted by molar-refractivity contribution is -0.123. The summed E-state index contributed by atoms with van der Waals surface area (Å²) in [5.74, 6) is -0.176. The third kappa shape index (κ3) is 6.26. The van der Waals surface area contributed by atoms with Crippen LogP contribution in [-0.2, 0) is 11.3 Å². The van der Waals surface area contributed by atoms with E-state index in [0.29, 0.717) is 35.6 Å². The number of nitrogens with two attached hydrogens (primary N) is 1. The summed E-state index contributed by atoms with van der Waals surface area (Å²) < 4.78 is 42.6. The smallest absolute Gasteiger partial charge is 0.210 e. The highest BCUT2D eigenvalue weighted by molar-refractivity contribution is 5.59. The Bertz CT molecular complexity index is 1110. The molecular weight excluding hydrogens is 441 g/mol. The topological polar surface area (TPSA) is 64.2 Å². The molecule has 1 aromatic heterocycles. The van der Waals surface area contributed by atoms with Gasteiger partial charge in [0.25, 0.3) is 0 Å². The second kappa shape index (κ2) is 10.9. The highest BCUT2D eigenvalue weighted by Crippen LogP contribution is 2.38. The molecule has 182 valence electrons. The zero-order chi connectivity index (χ0) is 24.9. The fourth-order valence-corrected chi connectivity index (χ4v) is 4.06. The molecule has 8 heteroatoms. The molecule has 1 amide bonds. The molecule has 34 heavy (non-hydrogen) atoms. The predicted octanol–water partition coefficient (Wildman–Crippen LogP) is 5.11. The number of hydrogen-bond donors (Lipinski definition) is 1. The van der Waals surface area contributed by atoms with E-state index in [2.05, 4.69) is 0 Å². The van der Waals surface area contributed by atoms with Gasteiger partial charge in [0.15, 0.2) is 0 Å². The molecule has 0 aliphatic carbocycles. The fraction of sp³-hybridized carbons (Fsp3) is 0.385. The van der Waals surface area contributed by atoms with Gasteiger partial charge in [0.2, 0.25) is 6.41 Å². The van der Waals surface area contributed by atoms with Crippen LogP contribution >= 0.6 is 0 Å². The largest absolute Gasteiger partial charge is 0.334 e. The normalized spacial score (nSPS) is 13.5. The Morgan fingerprint density at radius 3 is 2.38 bits per heavy atom. The van der Waals surface area contributed by atoms with Gasteiger partial charge in [-0.3, -0.25) is 4.79 Å². The Morgan fingerprint density at radius 2 is 1.79 bits per heavy atom. The van der Waals surface area contributed by atoms with Crippen LogP contribution in [-0.4, -0.2) is 40.1 Å². The second-order valence-electron chi connectivity index (χ2n) is 9.57. The van der Waals surface area contributed by atoms with E-state index in [9.17, 15) is 18.0 Å². The summed E-state index contributed by atoms with van der Waals surface area (Å²) in [5.41, 5.74) is 7.14. The van der Waals surface area contributed by atoms with Crippen LogP contribution in [0.25, 0.3) is 11.3 Å². The van der Waals surface area contributed by atoms with Gasteiger partial charge in [-0.25, -0.2) is 18.2 Å². The number of alkyl halides is 1. The quantitative estimate of drug-likeness (QED) is 0.417. The number of amides is 1. The van der Waals surface area contributed by atoms with Gasteiger partial charge in [0.1, 0.15) is 24.1 Å². The lowest BCUT2D eigenvalue weighted by atomic mass is 9.85. The molecule has 0 bridgehead atoms. The number of hydrogen-bond acceptors (Lipinski definition) is 3. The first-order chi connectivity index (χ1) is 16.1. The molecule has 2 N–H and O–H groups in total. The van der Waals surface area contributed by atoms with Gasteiger partial charge < -0.3 is 15.2 Å². The van der Waals surface area contributed by atoms with Crippen molar-refractivity contribution in [2.45, 2.75) is 45.8 Å². The first kappa shape index (κ1) is 25.5. The van der Waals surface area contributed by atoms with Gasteiger partial charge in [-0.2, -0.15) is 0 Å². The Balaban J connectivity index is 2.11. The van der Waals surface area contributed by atoms with Crippen molar-refractivity contribution in [1.82, 2.24) is 14.5 Å². The highest BCUT2D eigenvalue weighted by Gasteiger charge is 2.35. The van der Waals surface area contributed by atoms with Crippen molar-refractivity contribution in [3.63, 3.8) is 0 Å². The van der Waals surface area contributed by atoms with Crippen LogP contribution < -0.4 is 5.73 Å². The summed E-state index contributed by atoms with van der Waals surface area (Å²) in [5, 5.41) is 0. The van der Waals surface area contributed by atoms with Crippen LogP contribution in [0.15, 0.2) is 54.7 Å². The van der Waals surface area contributed by atoms with E-state index in [1.165, 1.54) is 24.3 Å². The molecular formula is C26H31F3N4O. The average molecular weight is 473 g/mol. The molecule has 0 saturated carbocycles.